The second-order valence-corrected chi connectivity index (χ2v) is 7.85. The molecule has 1 aliphatic rings. The zero-order valence-corrected chi connectivity index (χ0v) is 17.9. The van der Waals surface area contributed by atoms with Gasteiger partial charge in [-0.05, 0) is 42.2 Å². The summed E-state index contributed by atoms with van der Waals surface area (Å²) in [5.74, 6) is -0.465. The van der Waals surface area contributed by atoms with E-state index >= 15 is 0 Å². The topological polar surface area (TPSA) is 111 Å². The van der Waals surface area contributed by atoms with E-state index in [0.29, 0.717) is 10.7 Å². The lowest BCUT2D eigenvalue weighted by Crippen LogP contribution is -2.61. The number of carbonyl (C=O) groups is 3. The van der Waals surface area contributed by atoms with Gasteiger partial charge in [-0.3, -0.25) is 4.79 Å². The number of anilines is 1. The number of likely N-dealkylation sites (tertiary alicyclic amines) is 1. The zero-order valence-electron chi connectivity index (χ0n) is 17.2. The average molecular weight is 445 g/mol. The first-order chi connectivity index (χ1) is 14.8. The van der Waals surface area contributed by atoms with Crippen LogP contribution in [0.1, 0.15) is 24.5 Å². The number of aryl methyl sites for hydroxylation is 1. The van der Waals surface area contributed by atoms with E-state index in [0.717, 1.165) is 22.4 Å². The molecule has 3 rings (SSSR count). The van der Waals surface area contributed by atoms with E-state index in [1.54, 1.807) is 36.4 Å². The Bertz CT molecular complexity index is 966. The molecular formula is C22H25ClN4O4. The first-order valence-corrected chi connectivity index (χ1v) is 10.4. The summed E-state index contributed by atoms with van der Waals surface area (Å²) < 4.78 is 0. The standard InChI is InChI=1S/C22H25ClN4O4/c1-2-15-7-9-17(10-8-15)25-20(29)26-22(11-12-27(14-22)21(30)31)19(28)24-13-16-5-3-4-6-18(16)23/h3-10H,2,11-14H2,1H3,(H,24,28)(H,30,31)(H2,25,26,29). The first kappa shape index (κ1) is 22.4. The number of halogens is 1. The highest BCUT2D eigenvalue weighted by atomic mass is 35.5. The predicted molar refractivity (Wildman–Crippen MR) is 118 cm³/mol. The fourth-order valence-electron chi connectivity index (χ4n) is 3.51. The molecule has 1 saturated heterocycles. The molecule has 4 N–H and O–H groups in total. The summed E-state index contributed by atoms with van der Waals surface area (Å²) in [5.41, 5.74) is 1.05. The third-order valence-electron chi connectivity index (χ3n) is 5.34. The number of nitrogens with one attached hydrogen (secondary N) is 3. The van der Waals surface area contributed by atoms with E-state index in [1.807, 2.05) is 19.1 Å². The van der Waals surface area contributed by atoms with Gasteiger partial charge < -0.3 is 26.0 Å². The number of carbonyl (C=O) groups excluding carboxylic acids is 2. The second kappa shape index (κ2) is 9.70. The normalized spacial score (nSPS) is 17.8. The number of carboxylic acid groups (broad SMARTS) is 1. The molecule has 31 heavy (non-hydrogen) atoms. The van der Waals surface area contributed by atoms with Crippen LogP contribution in [0.2, 0.25) is 5.02 Å². The summed E-state index contributed by atoms with van der Waals surface area (Å²) in [6.45, 7) is 2.20. The van der Waals surface area contributed by atoms with Gasteiger partial charge in [0.25, 0.3) is 0 Å². The summed E-state index contributed by atoms with van der Waals surface area (Å²) in [4.78, 5) is 38.3. The van der Waals surface area contributed by atoms with Crippen LogP contribution in [0.4, 0.5) is 15.3 Å². The zero-order chi connectivity index (χ0) is 22.4. The highest BCUT2D eigenvalue weighted by molar-refractivity contribution is 6.31. The van der Waals surface area contributed by atoms with Crippen molar-refractivity contribution in [2.24, 2.45) is 0 Å². The minimum absolute atomic E-state index is 0.139. The van der Waals surface area contributed by atoms with Crippen LogP contribution in [0.3, 0.4) is 0 Å². The minimum Gasteiger partial charge on any atom is -0.465 e. The monoisotopic (exact) mass is 444 g/mol. The lowest BCUT2D eigenvalue weighted by molar-refractivity contribution is -0.126. The van der Waals surface area contributed by atoms with Crippen LogP contribution in [-0.2, 0) is 17.8 Å². The summed E-state index contributed by atoms with van der Waals surface area (Å²) in [7, 11) is 0. The minimum atomic E-state index is -1.38. The highest BCUT2D eigenvalue weighted by Crippen LogP contribution is 2.23. The van der Waals surface area contributed by atoms with Crippen LogP contribution >= 0.6 is 11.6 Å². The number of hydrogen-bond acceptors (Lipinski definition) is 3. The Labute approximate surface area is 185 Å². The first-order valence-electron chi connectivity index (χ1n) is 10.0. The van der Waals surface area contributed by atoms with Gasteiger partial charge in [-0.15, -0.1) is 0 Å². The van der Waals surface area contributed by atoms with Gasteiger partial charge >= 0.3 is 12.1 Å². The van der Waals surface area contributed by atoms with Gasteiger partial charge in [0, 0.05) is 23.8 Å². The third-order valence-corrected chi connectivity index (χ3v) is 5.71. The second-order valence-electron chi connectivity index (χ2n) is 7.44. The smallest absolute Gasteiger partial charge is 0.407 e. The van der Waals surface area contributed by atoms with Gasteiger partial charge in [0.1, 0.15) is 5.54 Å². The van der Waals surface area contributed by atoms with Crippen molar-refractivity contribution in [1.82, 2.24) is 15.5 Å². The number of nitrogens with zero attached hydrogens (tertiary/aromatic N) is 1. The average Bonchev–Trinajstić information content (AvgIpc) is 3.19. The molecule has 1 fully saturated rings. The lowest BCUT2D eigenvalue weighted by atomic mass is 9.97. The van der Waals surface area contributed by atoms with Crippen LogP contribution in [0.15, 0.2) is 48.5 Å². The number of amides is 4. The fraction of sp³-hybridized carbons (Fsp3) is 0.318. The molecule has 1 atom stereocenters. The Balaban J connectivity index is 1.71. The van der Waals surface area contributed by atoms with Crippen LogP contribution in [0.25, 0.3) is 0 Å². The van der Waals surface area contributed by atoms with Crippen molar-refractivity contribution in [1.29, 1.82) is 0 Å². The van der Waals surface area contributed by atoms with E-state index < -0.39 is 23.6 Å². The van der Waals surface area contributed by atoms with E-state index in [1.165, 1.54) is 0 Å². The molecule has 2 aromatic rings. The Kier molecular flexibility index (Phi) is 7.02. The molecule has 0 spiro atoms. The van der Waals surface area contributed by atoms with Crippen LogP contribution < -0.4 is 16.0 Å². The van der Waals surface area contributed by atoms with Gasteiger partial charge in [0.2, 0.25) is 5.91 Å². The molecule has 4 amide bonds. The molecule has 0 saturated carbocycles. The van der Waals surface area contributed by atoms with Gasteiger partial charge in [-0.1, -0.05) is 48.9 Å². The molecule has 0 radical (unpaired) electrons. The molecule has 0 bridgehead atoms. The maximum atomic E-state index is 13.1. The largest absolute Gasteiger partial charge is 0.465 e. The van der Waals surface area contributed by atoms with Gasteiger partial charge in [0.05, 0.1) is 6.54 Å². The molecule has 2 aromatic carbocycles. The van der Waals surface area contributed by atoms with Gasteiger partial charge in [0.15, 0.2) is 0 Å². The number of benzene rings is 2. The summed E-state index contributed by atoms with van der Waals surface area (Å²) in [5, 5.41) is 18.0. The Morgan fingerprint density at radius 3 is 2.45 bits per heavy atom. The third kappa shape index (κ3) is 5.46. The Hall–Kier alpha value is -3.26. The lowest BCUT2D eigenvalue weighted by Gasteiger charge is -2.29. The quantitative estimate of drug-likeness (QED) is 0.546. The van der Waals surface area contributed by atoms with Crippen LogP contribution in [-0.4, -0.2) is 46.7 Å². The molecule has 9 heteroatoms. The maximum Gasteiger partial charge on any atom is 0.407 e. The van der Waals surface area contributed by atoms with Crippen molar-refractivity contribution in [3.8, 4) is 0 Å². The van der Waals surface area contributed by atoms with Crippen molar-refractivity contribution in [3.05, 3.63) is 64.7 Å². The summed E-state index contributed by atoms with van der Waals surface area (Å²) >= 11 is 6.15. The van der Waals surface area contributed by atoms with Gasteiger partial charge in [-0.25, -0.2) is 9.59 Å². The Morgan fingerprint density at radius 1 is 1.13 bits per heavy atom. The van der Waals surface area contributed by atoms with Crippen LogP contribution in [0, 0.1) is 0 Å². The van der Waals surface area contributed by atoms with E-state index in [4.69, 9.17) is 11.6 Å². The van der Waals surface area contributed by atoms with E-state index in [2.05, 4.69) is 16.0 Å². The predicted octanol–water partition coefficient (Wildman–Crippen LogP) is 3.46. The van der Waals surface area contributed by atoms with Crippen molar-refractivity contribution >= 4 is 35.3 Å². The molecule has 1 unspecified atom stereocenters. The highest BCUT2D eigenvalue weighted by Gasteiger charge is 2.47. The van der Waals surface area contributed by atoms with E-state index in [9.17, 15) is 19.5 Å². The summed E-state index contributed by atoms with van der Waals surface area (Å²) in [6, 6.07) is 13.9. The molecule has 1 aliphatic heterocycles. The van der Waals surface area contributed by atoms with E-state index in [-0.39, 0.29) is 26.1 Å². The maximum absolute atomic E-state index is 13.1. The van der Waals surface area contributed by atoms with Gasteiger partial charge in [-0.2, -0.15) is 0 Å². The fourth-order valence-corrected chi connectivity index (χ4v) is 3.71. The molecule has 0 aromatic heterocycles. The molecule has 1 heterocycles. The number of hydrogen-bond donors (Lipinski definition) is 4. The summed E-state index contributed by atoms with van der Waals surface area (Å²) in [6.07, 6.45) is -0.0969. The van der Waals surface area contributed by atoms with Crippen molar-refractivity contribution in [2.75, 3.05) is 18.4 Å². The molecule has 164 valence electrons. The number of urea groups is 1. The molecular weight excluding hydrogens is 420 g/mol. The molecule has 0 aliphatic carbocycles. The molecule has 8 nitrogen and oxygen atoms in total. The number of rotatable bonds is 6. The van der Waals surface area contributed by atoms with Crippen molar-refractivity contribution < 1.29 is 19.5 Å². The van der Waals surface area contributed by atoms with Crippen molar-refractivity contribution in [3.63, 3.8) is 0 Å². The SMILES string of the molecule is CCc1ccc(NC(=O)NC2(C(=O)NCc3ccccc3Cl)CCN(C(=O)O)C2)cc1. The van der Waals surface area contributed by atoms with Crippen LogP contribution in [0.5, 0.6) is 0 Å². The van der Waals surface area contributed by atoms with Crippen molar-refractivity contribution in [2.45, 2.75) is 31.8 Å². The Morgan fingerprint density at radius 2 is 1.84 bits per heavy atom.